The number of thiophene rings is 1. The van der Waals surface area contributed by atoms with E-state index in [0.29, 0.717) is 5.82 Å². The second-order valence-electron chi connectivity index (χ2n) is 4.27. The molecule has 0 aromatic carbocycles. The summed E-state index contributed by atoms with van der Waals surface area (Å²) >= 11 is 1.59. The zero-order valence-corrected chi connectivity index (χ0v) is 10.6. The van der Waals surface area contributed by atoms with Crippen LogP contribution in [0.4, 0.5) is 5.82 Å². The molecule has 2 aromatic rings. The molecule has 0 saturated carbocycles. The Morgan fingerprint density at radius 1 is 1.29 bits per heavy atom. The Morgan fingerprint density at radius 3 is 2.71 bits per heavy atom. The van der Waals surface area contributed by atoms with Crippen molar-refractivity contribution in [2.24, 2.45) is 0 Å². The van der Waals surface area contributed by atoms with Crippen molar-refractivity contribution in [2.75, 3.05) is 5.32 Å². The molecule has 0 atom stereocenters. The summed E-state index contributed by atoms with van der Waals surface area (Å²) in [5, 5.41) is 4.80. The minimum Gasteiger partial charge on any atom is -0.310 e. The molecule has 0 radical (unpaired) electrons. The van der Waals surface area contributed by atoms with Gasteiger partial charge in [-0.3, -0.25) is 4.79 Å². The Hall–Kier alpha value is -1.68. The van der Waals surface area contributed by atoms with E-state index in [9.17, 15) is 4.79 Å². The molecule has 0 spiro atoms. The molecule has 1 amide bonds. The van der Waals surface area contributed by atoms with Crippen LogP contribution in [0.2, 0.25) is 0 Å². The molecule has 0 bridgehead atoms. The van der Waals surface area contributed by atoms with Crippen LogP contribution in [0.25, 0.3) is 0 Å². The van der Waals surface area contributed by atoms with E-state index in [-0.39, 0.29) is 5.91 Å². The highest BCUT2D eigenvalue weighted by atomic mass is 32.1. The van der Waals surface area contributed by atoms with E-state index in [1.165, 1.54) is 0 Å². The topological polar surface area (TPSA) is 42.0 Å². The van der Waals surface area contributed by atoms with Gasteiger partial charge in [-0.1, -0.05) is 12.1 Å². The molecule has 1 N–H and O–H groups in total. The minimum atomic E-state index is -0.536. The predicted molar refractivity (Wildman–Crippen MR) is 70.2 cm³/mol. The van der Waals surface area contributed by atoms with Gasteiger partial charge in [0.15, 0.2) is 0 Å². The molecule has 4 heteroatoms. The lowest BCUT2D eigenvalue weighted by Gasteiger charge is -2.21. The fourth-order valence-electron chi connectivity index (χ4n) is 1.46. The van der Waals surface area contributed by atoms with Gasteiger partial charge in [0.05, 0.1) is 5.41 Å². The predicted octanol–water partition coefficient (Wildman–Crippen LogP) is 3.06. The number of pyridine rings is 1. The van der Waals surface area contributed by atoms with Crippen LogP contribution in [-0.4, -0.2) is 10.9 Å². The van der Waals surface area contributed by atoms with E-state index >= 15 is 0 Å². The summed E-state index contributed by atoms with van der Waals surface area (Å²) < 4.78 is 0. The molecular formula is C13H14N2OS. The zero-order valence-electron chi connectivity index (χ0n) is 9.81. The lowest BCUT2D eigenvalue weighted by molar-refractivity contribution is -0.120. The van der Waals surface area contributed by atoms with Crippen molar-refractivity contribution in [1.82, 2.24) is 4.98 Å². The Kier molecular flexibility index (Phi) is 3.24. The van der Waals surface area contributed by atoms with Crippen molar-refractivity contribution in [3.63, 3.8) is 0 Å². The van der Waals surface area contributed by atoms with E-state index < -0.39 is 5.41 Å². The number of amides is 1. The molecule has 0 fully saturated rings. The third-order valence-corrected chi connectivity index (χ3v) is 3.80. The molecule has 88 valence electrons. The van der Waals surface area contributed by atoms with Gasteiger partial charge in [-0.2, -0.15) is 0 Å². The van der Waals surface area contributed by atoms with Gasteiger partial charge in [0.1, 0.15) is 5.82 Å². The van der Waals surface area contributed by atoms with Crippen molar-refractivity contribution < 1.29 is 4.79 Å². The van der Waals surface area contributed by atoms with Gasteiger partial charge in [0, 0.05) is 11.1 Å². The first-order valence-corrected chi connectivity index (χ1v) is 6.25. The molecular weight excluding hydrogens is 232 g/mol. The standard InChI is InChI=1S/C13H14N2OS/c1-13(2,10-6-5-9-17-10)12(16)15-11-7-3-4-8-14-11/h3-9H,1-2H3,(H,14,15,16). The lowest BCUT2D eigenvalue weighted by atomic mass is 9.90. The number of carbonyl (C=O) groups is 1. The fourth-order valence-corrected chi connectivity index (χ4v) is 2.30. The van der Waals surface area contributed by atoms with Crippen molar-refractivity contribution >= 4 is 23.1 Å². The number of aromatic nitrogens is 1. The van der Waals surface area contributed by atoms with Gasteiger partial charge < -0.3 is 5.32 Å². The van der Waals surface area contributed by atoms with Crippen LogP contribution in [0.5, 0.6) is 0 Å². The average Bonchev–Trinajstić information content (AvgIpc) is 2.84. The molecule has 3 nitrogen and oxygen atoms in total. The molecule has 0 aliphatic heterocycles. The van der Waals surface area contributed by atoms with E-state index in [4.69, 9.17) is 0 Å². The highest BCUT2D eigenvalue weighted by Crippen LogP contribution is 2.28. The minimum absolute atomic E-state index is 0.0429. The zero-order chi connectivity index (χ0) is 12.3. The van der Waals surface area contributed by atoms with Gasteiger partial charge in [0.25, 0.3) is 0 Å². The number of hydrogen-bond donors (Lipinski definition) is 1. The fraction of sp³-hybridized carbons (Fsp3) is 0.231. The van der Waals surface area contributed by atoms with Crippen LogP contribution in [0.3, 0.4) is 0 Å². The third kappa shape index (κ3) is 2.53. The molecule has 0 aliphatic carbocycles. The van der Waals surface area contributed by atoms with E-state index in [1.807, 2.05) is 43.5 Å². The molecule has 2 aromatic heterocycles. The van der Waals surface area contributed by atoms with Crippen LogP contribution in [-0.2, 0) is 10.2 Å². The van der Waals surface area contributed by atoms with Crippen LogP contribution < -0.4 is 5.32 Å². The first-order valence-electron chi connectivity index (χ1n) is 5.37. The Labute approximate surface area is 105 Å². The van der Waals surface area contributed by atoms with Gasteiger partial charge in [-0.15, -0.1) is 11.3 Å². The third-order valence-electron chi connectivity index (χ3n) is 2.61. The Bertz CT molecular complexity index is 491. The highest BCUT2D eigenvalue weighted by Gasteiger charge is 2.30. The average molecular weight is 246 g/mol. The lowest BCUT2D eigenvalue weighted by Crippen LogP contribution is -2.34. The van der Waals surface area contributed by atoms with Gasteiger partial charge in [0.2, 0.25) is 5.91 Å². The summed E-state index contributed by atoms with van der Waals surface area (Å²) in [7, 11) is 0. The van der Waals surface area contributed by atoms with Gasteiger partial charge in [-0.05, 0) is 37.4 Å². The monoisotopic (exact) mass is 246 g/mol. The molecule has 0 aliphatic rings. The number of nitrogens with zero attached hydrogens (tertiary/aromatic N) is 1. The van der Waals surface area contributed by atoms with Crippen LogP contribution in [0, 0.1) is 0 Å². The maximum atomic E-state index is 12.2. The second kappa shape index (κ2) is 4.67. The smallest absolute Gasteiger partial charge is 0.236 e. The maximum Gasteiger partial charge on any atom is 0.236 e. The number of nitrogens with one attached hydrogen (secondary N) is 1. The molecule has 0 unspecified atom stereocenters. The van der Waals surface area contributed by atoms with Gasteiger partial charge in [-0.25, -0.2) is 4.98 Å². The summed E-state index contributed by atoms with van der Waals surface area (Å²) in [6.07, 6.45) is 1.66. The molecule has 0 saturated heterocycles. The molecule has 2 heterocycles. The summed E-state index contributed by atoms with van der Waals surface area (Å²) in [6, 6.07) is 9.38. The van der Waals surface area contributed by atoms with Gasteiger partial charge >= 0.3 is 0 Å². The first kappa shape index (κ1) is 11.8. The van der Waals surface area contributed by atoms with Crippen molar-refractivity contribution in [1.29, 1.82) is 0 Å². The highest BCUT2D eigenvalue weighted by molar-refractivity contribution is 7.10. The van der Waals surface area contributed by atoms with Crippen molar-refractivity contribution in [3.05, 3.63) is 46.8 Å². The first-order chi connectivity index (χ1) is 8.10. The largest absolute Gasteiger partial charge is 0.310 e. The Morgan fingerprint density at radius 2 is 2.12 bits per heavy atom. The van der Waals surface area contributed by atoms with Crippen LogP contribution in [0.15, 0.2) is 41.9 Å². The summed E-state index contributed by atoms with van der Waals surface area (Å²) in [6.45, 7) is 3.83. The van der Waals surface area contributed by atoms with E-state index in [0.717, 1.165) is 4.88 Å². The maximum absolute atomic E-state index is 12.2. The van der Waals surface area contributed by atoms with E-state index in [2.05, 4.69) is 10.3 Å². The van der Waals surface area contributed by atoms with Crippen molar-refractivity contribution in [2.45, 2.75) is 19.3 Å². The second-order valence-corrected chi connectivity index (χ2v) is 5.22. The number of rotatable bonds is 3. The van der Waals surface area contributed by atoms with E-state index in [1.54, 1.807) is 23.6 Å². The van der Waals surface area contributed by atoms with Crippen molar-refractivity contribution in [3.8, 4) is 0 Å². The number of hydrogen-bond acceptors (Lipinski definition) is 3. The molecule has 2 rings (SSSR count). The normalized spacial score (nSPS) is 11.2. The number of anilines is 1. The molecule has 17 heavy (non-hydrogen) atoms. The SMILES string of the molecule is CC(C)(C(=O)Nc1ccccn1)c1cccs1. The summed E-state index contributed by atoms with van der Waals surface area (Å²) in [5.74, 6) is 0.542. The summed E-state index contributed by atoms with van der Waals surface area (Å²) in [5.41, 5.74) is -0.536. The summed E-state index contributed by atoms with van der Waals surface area (Å²) in [4.78, 5) is 17.3. The van der Waals surface area contributed by atoms with Crippen LogP contribution >= 0.6 is 11.3 Å². The number of carbonyl (C=O) groups excluding carboxylic acids is 1. The quantitative estimate of drug-likeness (QED) is 0.904. The van der Waals surface area contributed by atoms with Crippen LogP contribution in [0.1, 0.15) is 18.7 Å². The Balaban J connectivity index is 2.16.